The second-order valence-corrected chi connectivity index (χ2v) is 8.74. The number of carbonyl (C=O) groups excluding carboxylic acids is 1. The van der Waals surface area contributed by atoms with E-state index in [-0.39, 0.29) is 17.8 Å². The lowest BCUT2D eigenvalue weighted by Crippen LogP contribution is -2.37. The van der Waals surface area contributed by atoms with Crippen molar-refractivity contribution in [2.75, 3.05) is 11.9 Å². The molecule has 0 unspecified atom stereocenters. The molecule has 1 aromatic heterocycles. The summed E-state index contributed by atoms with van der Waals surface area (Å²) in [7, 11) is 0. The molecule has 0 aliphatic rings. The number of rotatable bonds is 6. The van der Waals surface area contributed by atoms with Crippen LogP contribution in [0.3, 0.4) is 0 Å². The number of amides is 2. The Bertz CT molecular complexity index is 1410. The third kappa shape index (κ3) is 5.34. The van der Waals surface area contributed by atoms with Gasteiger partial charge in [-0.15, -0.1) is 0 Å². The van der Waals surface area contributed by atoms with Gasteiger partial charge in [-0.3, -0.25) is 4.79 Å². The molecular formula is C28H28FN3O2. The molecule has 2 N–H and O–H groups in total. The first-order valence-corrected chi connectivity index (χ1v) is 11.3. The van der Waals surface area contributed by atoms with E-state index in [2.05, 4.69) is 22.4 Å². The molecule has 0 aliphatic heterocycles. The minimum absolute atomic E-state index is 0.102. The lowest BCUT2D eigenvalue weighted by Gasteiger charge is -2.23. The lowest BCUT2D eigenvalue weighted by molar-refractivity contribution is 0.209. The van der Waals surface area contributed by atoms with Crippen LogP contribution in [0.5, 0.6) is 0 Å². The first kappa shape index (κ1) is 23.2. The summed E-state index contributed by atoms with van der Waals surface area (Å²) in [6, 6.07) is 19.5. The minimum atomic E-state index is -0.510. The second kappa shape index (κ2) is 9.91. The maximum absolute atomic E-state index is 14.2. The zero-order chi connectivity index (χ0) is 24.2. The quantitative estimate of drug-likeness (QED) is 0.380. The van der Waals surface area contributed by atoms with Crippen molar-refractivity contribution in [1.82, 2.24) is 9.88 Å². The molecule has 0 aliphatic carbocycles. The number of nitrogens with zero attached hydrogens (tertiary/aromatic N) is 1. The Labute approximate surface area is 198 Å². The Morgan fingerprint density at radius 2 is 1.76 bits per heavy atom. The molecule has 0 spiro atoms. The zero-order valence-electron chi connectivity index (χ0n) is 19.6. The molecule has 6 heteroatoms. The van der Waals surface area contributed by atoms with Gasteiger partial charge in [0.15, 0.2) is 0 Å². The van der Waals surface area contributed by atoms with Crippen LogP contribution in [0, 0.1) is 26.6 Å². The number of aryl methyl sites for hydroxylation is 3. The number of anilines is 1. The fraction of sp³-hybridized carbons (Fsp3) is 0.214. The SMILES string of the molecule is Cc1cccc(CCN(Cc2cc3c(C)cc(C)cc3[nH]c2=O)C(=O)Nc2ccccc2F)c1. The van der Waals surface area contributed by atoms with E-state index < -0.39 is 11.8 Å². The minimum Gasteiger partial charge on any atom is -0.322 e. The highest BCUT2D eigenvalue weighted by Crippen LogP contribution is 2.20. The van der Waals surface area contributed by atoms with Gasteiger partial charge in [0.05, 0.1) is 12.2 Å². The van der Waals surface area contributed by atoms with Crippen LogP contribution in [0.15, 0.2) is 71.5 Å². The number of hydrogen-bond acceptors (Lipinski definition) is 2. The number of nitrogens with one attached hydrogen (secondary N) is 2. The Hall–Kier alpha value is -3.93. The summed E-state index contributed by atoms with van der Waals surface area (Å²) in [4.78, 5) is 30.6. The van der Waals surface area contributed by atoms with E-state index in [1.54, 1.807) is 17.0 Å². The van der Waals surface area contributed by atoms with Crippen LogP contribution >= 0.6 is 0 Å². The monoisotopic (exact) mass is 457 g/mol. The van der Waals surface area contributed by atoms with Gasteiger partial charge in [-0.25, -0.2) is 9.18 Å². The number of urea groups is 1. The molecule has 4 aromatic rings. The summed E-state index contributed by atoms with van der Waals surface area (Å²) in [5.74, 6) is -0.510. The Balaban J connectivity index is 1.64. The number of carbonyl (C=O) groups is 1. The zero-order valence-corrected chi connectivity index (χ0v) is 19.6. The molecule has 0 atom stereocenters. The fourth-order valence-corrected chi connectivity index (χ4v) is 4.18. The summed E-state index contributed by atoms with van der Waals surface area (Å²) in [6.45, 7) is 6.47. The number of para-hydroxylation sites is 1. The summed E-state index contributed by atoms with van der Waals surface area (Å²) in [6.07, 6.45) is 0.607. The number of aromatic amines is 1. The van der Waals surface area contributed by atoms with Crippen molar-refractivity contribution in [1.29, 1.82) is 0 Å². The van der Waals surface area contributed by atoms with Crippen molar-refractivity contribution < 1.29 is 9.18 Å². The highest BCUT2D eigenvalue weighted by molar-refractivity contribution is 5.89. The van der Waals surface area contributed by atoms with E-state index in [0.717, 1.165) is 33.2 Å². The van der Waals surface area contributed by atoms with E-state index in [4.69, 9.17) is 0 Å². The van der Waals surface area contributed by atoms with Gasteiger partial charge < -0.3 is 15.2 Å². The first-order valence-electron chi connectivity index (χ1n) is 11.3. The van der Waals surface area contributed by atoms with Gasteiger partial charge in [0.2, 0.25) is 0 Å². The van der Waals surface area contributed by atoms with Gasteiger partial charge >= 0.3 is 6.03 Å². The molecule has 3 aromatic carbocycles. The first-order chi connectivity index (χ1) is 16.3. The van der Waals surface area contributed by atoms with E-state index in [1.807, 2.05) is 51.1 Å². The van der Waals surface area contributed by atoms with Gasteiger partial charge in [0.1, 0.15) is 5.82 Å². The Morgan fingerprint density at radius 3 is 2.53 bits per heavy atom. The summed E-state index contributed by atoms with van der Waals surface area (Å²) in [5, 5.41) is 3.59. The molecule has 1 heterocycles. The number of aromatic nitrogens is 1. The fourth-order valence-electron chi connectivity index (χ4n) is 4.18. The van der Waals surface area contributed by atoms with Crippen molar-refractivity contribution in [2.45, 2.75) is 33.7 Å². The number of H-pyrrole nitrogens is 1. The van der Waals surface area contributed by atoms with Crippen LogP contribution in [-0.4, -0.2) is 22.5 Å². The number of pyridine rings is 1. The van der Waals surface area contributed by atoms with Crippen molar-refractivity contribution in [2.24, 2.45) is 0 Å². The Kier molecular flexibility index (Phi) is 6.77. The third-order valence-electron chi connectivity index (χ3n) is 5.91. The highest BCUT2D eigenvalue weighted by atomic mass is 19.1. The summed E-state index contributed by atoms with van der Waals surface area (Å²) >= 11 is 0. The molecule has 0 bridgehead atoms. The molecular weight excluding hydrogens is 429 g/mol. The van der Waals surface area contributed by atoms with Crippen molar-refractivity contribution >= 4 is 22.6 Å². The van der Waals surface area contributed by atoms with Gasteiger partial charge in [-0.2, -0.15) is 0 Å². The molecule has 4 rings (SSSR count). The molecule has 0 saturated carbocycles. The van der Waals surface area contributed by atoms with Crippen LogP contribution in [0.25, 0.3) is 10.9 Å². The number of benzene rings is 3. The van der Waals surface area contributed by atoms with E-state index >= 15 is 0 Å². The molecule has 0 fully saturated rings. The van der Waals surface area contributed by atoms with Crippen LogP contribution in [0.2, 0.25) is 0 Å². The smallest absolute Gasteiger partial charge is 0.322 e. The molecule has 0 saturated heterocycles. The third-order valence-corrected chi connectivity index (χ3v) is 5.91. The maximum atomic E-state index is 14.2. The predicted molar refractivity (Wildman–Crippen MR) is 135 cm³/mol. The number of halogens is 1. The molecule has 2 amide bonds. The summed E-state index contributed by atoms with van der Waals surface area (Å²) in [5.41, 5.74) is 5.45. The van der Waals surface area contributed by atoms with Crippen molar-refractivity contribution in [3.05, 3.63) is 111 Å². The average molecular weight is 458 g/mol. The van der Waals surface area contributed by atoms with Gasteiger partial charge in [0, 0.05) is 23.0 Å². The maximum Gasteiger partial charge on any atom is 0.322 e. The van der Waals surface area contributed by atoms with E-state index in [1.165, 1.54) is 12.1 Å². The molecule has 0 radical (unpaired) electrons. The highest BCUT2D eigenvalue weighted by Gasteiger charge is 2.18. The average Bonchev–Trinajstić information content (AvgIpc) is 2.78. The number of hydrogen-bond donors (Lipinski definition) is 2. The largest absolute Gasteiger partial charge is 0.322 e. The van der Waals surface area contributed by atoms with Crippen LogP contribution in [-0.2, 0) is 13.0 Å². The second-order valence-electron chi connectivity index (χ2n) is 8.74. The lowest BCUT2D eigenvalue weighted by atomic mass is 10.0. The standard InChI is InChI=1S/C28H28FN3O2/c1-18-7-6-8-21(14-18)11-12-32(28(34)31-25-10-5-4-9-24(25)29)17-22-16-23-20(3)13-19(2)15-26(23)30-27(22)33/h4-10,13-16H,11-12,17H2,1-3H3,(H,30,33)(H,31,34). The van der Waals surface area contributed by atoms with Crippen LogP contribution in [0.4, 0.5) is 14.9 Å². The Morgan fingerprint density at radius 1 is 0.971 bits per heavy atom. The van der Waals surface area contributed by atoms with Gasteiger partial charge in [-0.05, 0) is 68.1 Å². The molecule has 5 nitrogen and oxygen atoms in total. The number of fused-ring (bicyclic) bond motifs is 1. The molecule has 34 heavy (non-hydrogen) atoms. The normalized spacial score (nSPS) is 10.9. The van der Waals surface area contributed by atoms with Gasteiger partial charge in [-0.1, -0.05) is 48.0 Å². The van der Waals surface area contributed by atoms with Crippen LogP contribution < -0.4 is 10.9 Å². The summed E-state index contributed by atoms with van der Waals surface area (Å²) < 4.78 is 14.2. The van der Waals surface area contributed by atoms with E-state index in [9.17, 15) is 14.0 Å². The topological polar surface area (TPSA) is 65.2 Å². The predicted octanol–water partition coefficient (Wildman–Crippen LogP) is 5.87. The van der Waals surface area contributed by atoms with Crippen molar-refractivity contribution in [3.63, 3.8) is 0 Å². The van der Waals surface area contributed by atoms with Crippen LogP contribution in [0.1, 0.15) is 27.8 Å². The molecule has 174 valence electrons. The van der Waals surface area contributed by atoms with Crippen molar-refractivity contribution in [3.8, 4) is 0 Å². The van der Waals surface area contributed by atoms with Gasteiger partial charge in [0.25, 0.3) is 5.56 Å². The van der Waals surface area contributed by atoms with E-state index in [0.29, 0.717) is 18.5 Å².